The summed E-state index contributed by atoms with van der Waals surface area (Å²) < 4.78 is 11.2. The zero-order valence-electron chi connectivity index (χ0n) is 11.2. The van der Waals surface area contributed by atoms with Gasteiger partial charge in [0.15, 0.2) is 0 Å². The number of nitrogens with one attached hydrogen (secondary N) is 1. The average molecular weight is 249 g/mol. The van der Waals surface area contributed by atoms with Gasteiger partial charge in [0.25, 0.3) is 0 Å². The predicted octanol–water partition coefficient (Wildman–Crippen LogP) is 3.00. The quantitative estimate of drug-likeness (QED) is 0.840. The fourth-order valence-corrected chi connectivity index (χ4v) is 2.31. The van der Waals surface area contributed by atoms with Crippen LogP contribution in [0.5, 0.6) is 11.5 Å². The maximum Gasteiger partial charge on any atom is 0.122 e. The van der Waals surface area contributed by atoms with Gasteiger partial charge in [-0.1, -0.05) is 12.5 Å². The van der Waals surface area contributed by atoms with E-state index in [0.29, 0.717) is 12.6 Å². The first-order valence-corrected chi connectivity index (χ1v) is 6.97. The summed E-state index contributed by atoms with van der Waals surface area (Å²) in [6.45, 7) is 4.61. The van der Waals surface area contributed by atoms with Crippen LogP contribution in [0.15, 0.2) is 24.3 Å². The summed E-state index contributed by atoms with van der Waals surface area (Å²) in [7, 11) is 0. The Hall–Kier alpha value is -1.22. The first kappa shape index (κ1) is 13.2. The molecule has 2 rings (SSSR count). The summed E-state index contributed by atoms with van der Waals surface area (Å²) in [5.74, 6) is 1.78. The fourth-order valence-electron chi connectivity index (χ4n) is 2.31. The molecule has 0 bridgehead atoms. The lowest BCUT2D eigenvalue weighted by atomic mass is 10.0. The summed E-state index contributed by atoms with van der Waals surface area (Å²) in [5, 5.41) is 3.53. The van der Waals surface area contributed by atoms with Gasteiger partial charge >= 0.3 is 0 Å². The molecular formula is C15H23NO2. The second-order valence-electron chi connectivity index (χ2n) is 4.69. The summed E-state index contributed by atoms with van der Waals surface area (Å²) in [6, 6.07) is 8.50. The van der Waals surface area contributed by atoms with E-state index in [1.54, 1.807) is 0 Å². The molecule has 0 spiro atoms. The van der Waals surface area contributed by atoms with Crippen LogP contribution in [0.25, 0.3) is 0 Å². The molecular weight excluding hydrogens is 226 g/mol. The largest absolute Gasteiger partial charge is 0.494 e. The van der Waals surface area contributed by atoms with E-state index in [9.17, 15) is 0 Å². The highest BCUT2D eigenvalue weighted by Crippen LogP contribution is 2.20. The van der Waals surface area contributed by atoms with Crippen LogP contribution in [-0.2, 0) is 0 Å². The summed E-state index contributed by atoms with van der Waals surface area (Å²) in [5.41, 5.74) is 0. The second-order valence-corrected chi connectivity index (χ2v) is 4.69. The molecule has 1 fully saturated rings. The van der Waals surface area contributed by atoms with E-state index in [-0.39, 0.29) is 0 Å². The topological polar surface area (TPSA) is 30.5 Å². The normalized spacial score (nSPS) is 19.5. The molecule has 1 aliphatic rings. The molecule has 1 saturated heterocycles. The highest BCUT2D eigenvalue weighted by molar-refractivity contribution is 5.32. The highest BCUT2D eigenvalue weighted by atomic mass is 16.5. The van der Waals surface area contributed by atoms with E-state index in [1.165, 1.54) is 19.3 Å². The van der Waals surface area contributed by atoms with Crippen LogP contribution >= 0.6 is 0 Å². The van der Waals surface area contributed by atoms with Gasteiger partial charge < -0.3 is 14.8 Å². The third kappa shape index (κ3) is 4.22. The van der Waals surface area contributed by atoms with Gasteiger partial charge in [0.05, 0.1) is 13.2 Å². The molecule has 1 N–H and O–H groups in total. The van der Waals surface area contributed by atoms with E-state index in [4.69, 9.17) is 9.47 Å². The van der Waals surface area contributed by atoms with E-state index in [0.717, 1.165) is 31.1 Å². The van der Waals surface area contributed by atoms with Gasteiger partial charge in [-0.05, 0) is 44.9 Å². The lowest BCUT2D eigenvalue weighted by Crippen LogP contribution is -2.35. The molecule has 0 aromatic heterocycles. The minimum Gasteiger partial charge on any atom is -0.494 e. The molecule has 1 unspecified atom stereocenters. The van der Waals surface area contributed by atoms with Crippen molar-refractivity contribution in [2.75, 3.05) is 19.8 Å². The molecule has 0 saturated carbocycles. The Morgan fingerprint density at radius 3 is 2.78 bits per heavy atom. The fraction of sp³-hybridized carbons (Fsp3) is 0.600. The average Bonchev–Trinajstić information content (AvgIpc) is 2.41. The minimum absolute atomic E-state index is 0.633. The van der Waals surface area contributed by atoms with Crippen molar-refractivity contribution in [3.8, 4) is 11.5 Å². The second kappa shape index (κ2) is 7.27. The Morgan fingerprint density at radius 1 is 1.22 bits per heavy atom. The van der Waals surface area contributed by atoms with Gasteiger partial charge in [0, 0.05) is 12.1 Å². The Bertz CT molecular complexity index is 348. The molecule has 18 heavy (non-hydrogen) atoms. The van der Waals surface area contributed by atoms with Crippen molar-refractivity contribution in [1.29, 1.82) is 0 Å². The smallest absolute Gasteiger partial charge is 0.122 e. The highest BCUT2D eigenvalue weighted by Gasteiger charge is 2.12. The van der Waals surface area contributed by atoms with Crippen LogP contribution in [0.4, 0.5) is 0 Å². The lowest BCUT2D eigenvalue weighted by Gasteiger charge is -2.23. The minimum atomic E-state index is 0.633. The van der Waals surface area contributed by atoms with Crippen LogP contribution in [-0.4, -0.2) is 25.8 Å². The molecule has 100 valence electrons. The maximum atomic E-state index is 5.78. The predicted molar refractivity (Wildman–Crippen MR) is 73.4 cm³/mol. The molecule has 3 heteroatoms. The third-order valence-electron chi connectivity index (χ3n) is 3.26. The van der Waals surface area contributed by atoms with E-state index in [1.807, 2.05) is 31.2 Å². The van der Waals surface area contributed by atoms with Crippen molar-refractivity contribution in [3.05, 3.63) is 24.3 Å². The lowest BCUT2D eigenvalue weighted by molar-refractivity contribution is 0.266. The number of benzene rings is 1. The van der Waals surface area contributed by atoms with Crippen LogP contribution in [0.1, 0.15) is 32.6 Å². The number of rotatable bonds is 6. The summed E-state index contributed by atoms with van der Waals surface area (Å²) in [6.07, 6.45) is 5.02. The van der Waals surface area contributed by atoms with Gasteiger partial charge in [-0.3, -0.25) is 0 Å². The molecule has 3 nitrogen and oxygen atoms in total. The molecule has 0 aliphatic carbocycles. The zero-order valence-corrected chi connectivity index (χ0v) is 11.2. The molecule has 0 radical (unpaired) electrons. The Morgan fingerprint density at radius 2 is 2.06 bits per heavy atom. The standard InChI is InChI=1S/C15H23NO2/c1-2-17-14-7-5-8-15(12-14)18-11-9-13-6-3-4-10-16-13/h5,7-8,12-13,16H,2-4,6,9-11H2,1H3. The third-order valence-corrected chi connectivity index (χ3v) is 3.26. The Kier molecular flexibility index (Phi) is 5.34. The van der Waals surface area contributed by atoms with Crippen molar-refractivity contribution in [2.45, 2.75) is 38.6 Å². The number of ether oxygens (including phenoxy) is 2. The van der Waals surface area contributed by atoms with Crippen molar-refractivity contribution in [2.24, 2.45) is 0 Å². The molecule has 0 amide bonds. The molecule has 1 heterocycles. The monoisotopic (exact) mass is 249 g/mol. The zero-order chi connectivity index (χ0) is 12.6. The summed E-state index contributed by atoms with van der Waals surface area (Å²) >= 11 is 0. The molecule has 1 atom stereocenters. The first-order chi connectivity index (χ1) is 8.88. The first-order valence-electron chi connectivity index (χ1n) is 6.97. The molecule has 1 aliphatic heterocycles. The number of hydrogen-bond donors (Lipinski definition) is 1. The van der Waals surface area contributed by atoms with E-state index < -0.39 is 0 Å². The Balaban J connectivity index is 1.73. The van der Waals surface area contributed by atoms with Crippen LogP contribution in [0.2, 0.25) is 0 Å². The van der Waals surface area contributed by atoms with Gasteiger partial charge in [-0.25, -0.2) is 0 Å². The van der Waals surface area contributed by atoms with Crippen LogP contribution in [0.3, 0.4) is 0 Å². The summed E-state index contributed by atoms with van der Waals surface area (Å²) in [4.78, 5) is 0. The molecule has 1 aromatic carbocycles. The van der Waals surface area contributed by atoms with Crippen molar-refractivity contribution >= 4 is 0 Å². The number of piperidine rings is 1. The SMILES string of the molecule is CCOc1cccc(OCCC2CCCCN2)c1. The van der Waals surface area contributed by atoms with E-state index >= 15 is 0 Å². The van der Waals surface area contributed by atoms with Gasteiger partial charge in [-0.2, -0.15) is 0 Å². The maximum absolute atomic E-state index is 5.78. The Labute approximate surface area is 109 Å². The van der Waals surface area contributed by atoms with Gasteiger partial charge in [0.2, 0.25) is 0 Å². The van der Waals surface area contributed by atoms with Crippen molar-refractivity contribution in [3.63, 3.8) is 0 Å². The molecule has 1 aromatic rings. The van der Waals surface area contributed by atoms with Crippen LogP contribution < -0.4 is 14.8 Å². The number of hydrogen-bond acceptors (Lipinski definition) is 3. The van der Waals surface area contributed by atoms with Gasteiger partial charge in [-0.15, -0.1) is 0 Å². The van der Waals surface area contributed by atoms with Gasteiger partial charge in [0.1, 0.15) is 11.5 Å². The van der Waals surface area contributed by atoms with Crippen molar-refractivity contribution < 1.29 is 9.47 Å². The van der Waals surface area contributed by atoms with E-state index in [2.05, 4.69) is 5.32 Å². The van der Waals surface area contributed by atoms with Crippen LogP contribution in [0, 0.1) is 0 Å². The van der Waals surface area contributed by atoms with Crippen molar-refractivity contribution in [1.82, 2.24) is 5.32 Å².